The van der Waals surface area contributed by atoms with Gasteiger partial charge in [-0.15, -0.1) is 0 Å². The Morgan fingerprint density at radius 3 is 2.44 bits per heavy atom. The Kier molecular flexibility index (Phi) is 4.95. The molecule has 1 fully saturated rings. The van der Waals surface area contributed by atoms with Crippen molar-refractivity contribution < 1.29 is 9.22 Å². The second kappa shape index (κ2) is 6.73. The van der Waals surface area contributed by atoms with Gasteiger partial charge in [0.2, 0.25) is 5.91 Å². The predicted molar refractivity (Wildman–Crippen MR) is 105 cm³/mol. The number of rotatable bonds is 3. The van der Waals surface area contributed by atoms with E-state index in [1.54, 1.807) is 0 Å². The Hall–Kier alpha value is -1.39. The van der Waals surface area contributed by atoms with E-state index in [4.69, 9.17) is 4.43 Å². The highest BCUT2D eigenvalue weighted by Crippen LogP contribution is 2.44. The van der Waals surface area contributed by atoms with Crippen LogP contribution in [0.15, 0.2) is 42.5 Å². The molecular weight excluding hydrogens is 326 g/mol. The van der Waals surface area contributed by atoms with Crippen molar-refractivity contribution in [2.45, 2.75) is 69.8 Å². The molecule has 1 aromatic carbocycles. The molecule has 0 bridgehead atoms. The van der Waals surface area contributed by atoms with Crippen LogP contribution in [0.4, 0.5) is 0 Å². The van der Waals surface area contributed by atoms with Gasteiger partial charge in [0.25, 0.3) is 0 Å². The molecule has 1 amide bonds. The molecule has 1 saturated heterocycles. The molecule has 0 spiro atoms. The summed E-state index contributed by atoms with van der Waals surface area (Å²) in [6.45, 7) is 12.2. The lowest BCUT2D eigenvalue weighted by Gasteiger charge is -2.53. The van der Waals surface area contributed by atoms with Gasteiger partial charge >= 0.3 is 0 Å². The molecule has 136 valence electrons. The van der Waals surface area contributed by atoms with Crippen molar-refractivity contribution in [3.8, 4) is 0 Å². The van der Waals surface area contributed by atoms with Crippen LogP contribution >= 0.6 is 0 Å². The van der Waals surface area contributed by atoms with Crippen LogP contribution < -0.4 is 0 Å². The predicted octanol–water partition coefficient (Wildman–Crippen LogP) is 4.72. The average molecular weight is 358 g/mol. The molecule has 4 heteroatoms. The first-order chi connectivity index (χ1) is 11.7. The molecular formula is C21H31NO2Si. The van der Waals surface area contributed by atoms with E-state index in [1.165, 1.54) is 0 Å². The number of benzene rings is 1. The molecule has 0 aliphatic carbocycles. The zero-order valence-corrected chi connectivity index (χ0v) is 17.2. The highest BCUT2D eigenvalue weighted by Gasteiger charge is 2.53. The smallest absolute Gasteiger partial charge is 0.232 e. The number of hydrogen-bond acceptors (Lipinski definition) is 2. The summed E-state index contributed by atoms with van der Waals surface area (Å²) in [4.78, 5) is 14.8. The van der Waals surface area contributed by atoms with Crippen molar-refractivity contribution in [1.29, 1.82) is 0 Å². The van der Waals surface area contributed by atoms with E-state index in [-0.39, 0.29) is 29.0 Å². The molecule has 2 aliphatic rings. The molecule has 0 aromatic heterocycles. The molecule has 3 rings (SSSR count). The van der Waals surface area contributed by atoms with Gasteiger partial charge in [-0.25, -0.2) is 0 Å². The van der Waals surface area contributed by atoms with Crippen molar-refractivity contribution >= 4 is 14.2 Å². The Morgan fingerprint density at radius 1 is 1.12 bits per heavy atom. The van der Waals surface area contributed by atoms with E-state index in [9.17, 15) is 4.79 Å². The third-order valence-corrected chi connectivity index (χ3v) is 10.6. The van der Waals surface area contributed by atoms with Crippen molar-refractivity contribution in [2.24, 2.45) is 0 Å². The topological polar surface area (TPSA) is 29.5 Å². The van der Waals surface area contributed by atoms with E-state index in [0.29, 0.717) is 6.54 Å². The number of β-lactam (4-membered cyclic amide) rings is 1. The lowest BCUT2D eigenvalue weighted by molar-refractivity contribution is -0.155. The summed E-state index contributed by atoms with van der Waals surface area (Å²) in [6, 6.07) is 10.4. The Labute approximate surface area is 153 Å². The minimum Gasteiger partial charge on any atom is -0.412 e. The van der Waals surface area contributed by atoms with E-state index in [1.807, 2.05) is 23.1 Å². The molecule has 1 unspecified atom stereocenters. The maximum Gasteiger partial charge on any atom is 0.232 e. The van der Waals surface area contributed by atoms with Crippen molar-refractivity contribution in [1.82, 2.24) is 4.90 Å². The van der Waals surface area contributed by atoms with Gasteiger partial charge in [0.15, 0.2) is 8.32 Å². The van der Waals surface area contributed by atoms with Crippen LogP contribution in [-0.4, -0.2) is 37.8 Å². The summed E-state index contributed by atoms with van der Waals surface area (Å²) in [5.74, 6) is 0.189. The van der Waals surface area contributed by atoms with Gasteiger partial charge in [0.05, 0.1) is 18.1 Å². The molecule has 25 heavy (non-hydrogen) atoms. The summed E-state index contributed by atoms with van der Waals surface area (Å²) < 4.78 is 6.82. The first kappa shape index (κ1) is 18.4. The van der Waals surface area contributed by atoms with Gasteiger partial charge in [-0.1, -0.05) is 63.3 Å². The number of hydrogen-bond donors (Lipinski definition) is 0. The van der Waals surface area contributed by atoms with E-state index in [0.717, 1.165) is 18.4 Å². The Balaban J connectivity index is 1.90. The summed E-state index contributed by atoms with van der Waals surface area (Å²) >= 11 is 0. The fraction of sp³-hybridized carbons (Fsp3) is 0.571. The number of fused-ring (bicyclic) bond motifs is 1. The molecule has 3 atom stereocenters. The number of carbonyl (C=O) groups is 1. The molecule has 3 nitrogen and oxygen atoms in total. The van der Waals surface area contributed by atoms with Gasteiger partial charge in [0.1, 0.15) is 0 Å². The van der Waals surface area contributed by atoms with Crippen LogP contribution in [0.2, 0.25) is 18.1 Å². The minimum atomic E-state index is -1.88. The van der Waals surface area contributed by atoms with Crippen LogP contribution in [0.5, 0.6) is 0 Å². The minimum absolute atomic E-state index is 0.0533. The standard InChI is InChI=1S/C21H31NO2Si/c1-21(2,3)25(4,5)24-17-14-10-7-11-15-22-19(17)18(20(22)23)16-12-8-6-9-13-16/h6-9,11-13,17-19H,10,14-15H2,1-5H3/b11-7-/t17?,18-,19-/m1/s1. The van der Waals surface area contributed by atoms with Crippen molar-refractivity contribution in [3.63, 3.8) is 0 Å². The second-order valence-corrected chi connectivity index (χ2v) is 13.6. The molecule has 0 radical (unpaired) electrons. The van der Waals surface area contributed by atoms with Crippen LogP contribution in [0.3, 0.4) is 0 Å². The van der Waals surface area contributed by atoms with Crippen molar-refractivity contribution in [2.75, 3.05) is 6.54 Å². The van der Waals surface area contributed by atoms with E-state index >= 15 is 0 Å². The summed E-state index contributed by atoms with van der Waals surface area (Å²) in [7, 11) is -1.88. The first-order valence-corrected chi connectivity index (χ1v) is 12.3. The van der Waals surface area contributed by atoms with Crippen LogP contribution in [0.25, 0.3) is 0 Å². The summed E-state index contributed by atoms with van der Waals surface area (Å²) in [5, 5.41) is 0.173. The largest absolute Gasteiger partial charge is 0.412 e. The zero-order chi connectivity index (χ0) is 18.2. The summed E-state index contributed by atoms with van der Waals surface area (Å²) in [5.41, 5.74) is 1.13. The molecule has 0 N–H and O–H groups in total. The maximum atomic E-state index is 12.8. The van der Waals surface area contributed by atoms with Gasteiger partial charge in [-0.3, -0.25) is 4.79 Å². The lowest BCUT2D eigenvalue weighted by Crippen LogP contribution is -2.66. The second-order valence-electron chi connectivity index (χ2n) is 8.83. The third-order valence-electron chi connectivity index (χ3n) is 6.13. The zero-order valence-electron chi connectivity index (χ0n) is 16.2. The number of nitrogens with zero attached hydrogens (tertiary/aromatic N) is 1. The fourth-order valence-electron chi connectivity index (χ4n) is 3.62. The molecule has 0 saturated carbocycles. The Bertz CT molecular complexity index is 648. The van der Waals surface area contributed by atoms with Crippen molar-refractivity contribution in [3.05, 3.63) is 48.0 Å². The SMILES string of the molecule is CC(C)(C)[Si](C)(C)OC1CC/C=C\CN2C(=O)[C@H](c3ccccc3)[C@@H]12. The molecule has 2 heterocycles. The van der Waals surface area contributed by atoms with E-state index < -0.39 is 8.32 Å². The third kappa shape index (κ3) is 3.47. The van der Waals surface area contributed by atoms with Gasteiger partial charge in [0, 0.05) is 6.54 Å². The van der Waals surface area contributed by atoms with Crippen LogP contribution in [0.1, 0.15) is 45.1 Å². The number of carbonyl (C=O) groups excluding carboxylic acids is 1. The first-order valence-electron chi connectivity index (χ1n) is 9.40. The summed E-state index contributed by atoms with van der Waals surface area (Å²) in [6.07, 6.45) is 6.46. The van der Waals surface area contributed by atoms with Crippen LogP contribution in [0, 0.1) is 0 Å². The highest BCUT2D eigenvalue weighted by molar-refractivity contribution is 6.74. The maximum absolute atomic E-state index is 12.8. The molecule has 2 aliphatic heterocycles. The average Bonchev–Trinajstić information content (AvgIpc) is 2.52. The monoisotopic (exact) mass is 357 g/mol. The normalized spacial score (nSPS) is 28.6. The fourth-order valence-corrected chi connectivity index (χ4v) is 4.99. The quantitative estimate of drug-likeness (QED) is 0.445. The van der Waals surface area contributed by atoms with Crippen LogP contribution in [-0.2, 0) is 9.22 Å². The lowest BCUT2D eigenvalue weighted by atomic mass is 9.77. The molecule has 1 aromatic rings. The van der Waals surface area contributed by atoms with Gasteiger partial charge < -0.3 is 9.33 Å². The van der Waals surface area contributed by atoms with E-state index in [2.05, 4.69) is 58.2 Å². The number of amides is 1. The van der Waals surface area contributed by atoms with Gasteiger partial charge in [-0.05, 0) is 36.5 Å². The highest BCUT2D eigenvalue weighted by atomic mass is 28.4. The Morgan fingerprint density at radius 2 is 1.80 bits per heavy atom. The number of allylic oxidation sites excluding steroid dienone is 1. The van der Waals surface area contributed by atoms with Gasteiger partial charge in [-0.2, -0.15) is 0 Å².